The lowest BCUT2D eigenvalue weighted by atomic mass is 9.97. The minimum Gasteiger partial charge on any atom is -0.325 e. The summed E-state index contributed by atoms with van der Waals surface area (Å²) in [6, 6.07) is 7.13. The second-order valence-corrected chi connectivity index (χ2v) is 9.18. The Labute approximate surface area is 165 Å². The number of hydrogen-bond donors (Lipinski definition) is 1. The van der Waals surface area contributed by atoms with Crippen molar-refractivity contribution in [3.05, 3.63) is 46.1 Å². The normalized spacial score (nSPS) is 14.8. The van der Waals surface area contributed by atoms with Crippen molar-refractivity contribution in [2.45, 2.75) is 42.9 Å². The Hall–Kier alpha value is -1.63. The molecule has 1 atom stereocenters. The zero-order valence-electron chi connectivity index (χ0n) is 14.3. The van der Waals surface area contributed by atoms with Crippen molar-refractivity contribution in [1.82, 2.24) is 9.97 Å². The molecule has 26 heavy (non-hydrogen) atoms. The fraction of sp³-hybridized carbons (Fsp3) is 0.316. The highest BCUT2D eigenvalue weighted by atomic mass is 35.5. The van der Waals surface area contributed by atoms with Crippen molar-refractivity contribution in [3.8, 4) is 0 Å². The van der Waals surface area contributed by atoms with Gasteiger partial charge in [-0.2, -0.15) is 0 Å². The lowest BCUT2D eigenvalue weighted by Gasteiger charge is -2.14. The van der Waals surface area contributed by atoms with E-state index in [9.17, 15) is 4.79 Å². The predicted molar refractivity (Wildman–Crippen MR) is 109 cm³/mol. The van der Waals surface area contributed by atoms with E-state index < -0.39 is 0 Å². The van der Waals surface area contributed by atoms with Gasteiger partial charge in [0, 0.05) is 21.0 Å². The van der Waals surface area contributed by atoms with Crippen molar-refractivity contribution in [2.75, 3.05) is 5.32 Å². The highest BCUT2D eigenvalue weighted by Gasteiger charge is 2.23. The number of nitrogens with one attached hydrogen (secondary N) is 1. The molecule has 1 unspecified atom stereocenters. The topological polar surface area (TPSA) is 54.9 Å². The largest absolute Gasteiger partial charge is 0.325 e. The molecule has 1 aliphatic rings. The lowest BCUT2D eigenvalue weighted by molar-refractivity contribution is -0.115. The summed E-state index contributed by atoms with van der Waals surface area (Å²) >= 11 is 9.17. The maximum atomic E-state index is 12.6. The van der Waals surface area contributed by atoms with E-state index in [2.05, 4.69) is 15.3 Å². The number of hydrogen-bond acceptors (Lipinski definition) is 5. The first-order valence-corrected chi connectivity index (χ1v) is 10.7. The average molecular weight is 404 g/mol. The minimum absolute atomic E-state index is 0.0480. The predicted octanol–water partition coefficient (Wildman–Crippen LogP) is 5.34. The van der Waals surface area contributed by atoms with Crippen molar-refractivity contribution >= 4 is 56.5 Å². The van der Waals surface area contributed by atoms with Crippen LogP contribution in [0, 0.1) is 0 Å². The first kappa shape index (κ1) is 17.8. The molecular weight excluding hydrogens is 386 g/mol. The maximum Gasteiger partial charge on any atom is 0.237 e. The number of anilines is 1. The van der Waals surface area contributed by atoms with Gasteiger partial charge in [-0.05, 0) is 62.4 Å². The van der Waals surface area contributed by atoms with E-state index in [-0.39, 0.29) is 11.2 Å². The molecule has 0 spiro atoms. The van der Waals surface area contributed by atoms with E-state index in [1.165, 1.54) is 35.0 Å². The fourth-order valence-electron chi connectivity index (χ4n) is 3.15. The molecule has 4 nitrogen and oxygen atoms in total. The number of thioether (sulfide) groups is 1. The van der Waals surface area contributed by atoms with E-state index in [4.69, 9.17) is 11.6 Å². The molecule has 3 aromatic rings. The van der Waals surface area contributed by atoms with Gasteiger partial charge < -0.3 is 5.32 Å². The lowest BCUT2D eigenvalue weighted by Crippen LogP contribution is -2.22. The summed E-state index contributed by atoms with van der Waals surface area (Å²) in [4.78, 5) is 24.0. The van der Waals surface area contributed by atoms with Gasteiger partial charge in [-0.3, -0.25) is 4.79 Å². The van der Waals surface area contributed by atoms with Gasteiger partial charge in [0.05, 0.1) is 5.25 Å². The third-order valence-corrected chi connectivity index (χ3v) is 7.04. The number of aromatic nitrogens is 2. The Kier molecular flexibility index (Phi) is 5.16. The smallest absolute Gasteiger partial charge is 0.237 e. The summed E-state index contributed by atoms with van der Waals surface area (Å²) in [6.07, 6.45) is 6.28. The second-order valence-electron chi connectivity index (χ2n) is 6.33. The molecule has 2 heterocycles. The van der Waals surface area contributed by atoms with Gasteiger partial charge in [-0.15, -0.1) is 11.3 Å². The van der Waals surface area contributed by atoms with E-state index in [1.54, 1.807) is 41.9 Å². The summed E-state index contributed by atoms with van der Waals surface area (Å²) < 4.78 is 0. The Balaban J connectivity index is 1.55. The standard InChI is InChI=1S/C19H18ClN3OS2/c1-11(17(24)23-13-8-6-12(20)7-9-13)25-18-16-14-4-2-3-5-15(14)26-19(16)22-10-21-18/h6-11H,2-5H2,1H3,(H,23,24). The molecule has 1 aliphatic carbocycles. The van der Waals surface area contributed by atoms with Crippen molar-refractivity contribution in [1.29, 1.82) is 0 Å². The van der Waals surface area contributed by atoms with Crippen LogP contribution in [0.2, 0.25) is 5.02 Å². The zero-order chi connectivity index (χ0) is 18.1. The molecule has 0 aliphatic heterocycles. The quantitative estimate of drug-likeness (QED) is 0.471. The molecule has 2 aromatic heterocycles. The summed E-state index contributed by atoms with van der Waals surface area (Å²) in [5, 5.41) is 5.39. The molecule has 4 rings (SSSR count). The second kappa shape index (κ2) is 7.55. The number of benzene rings is 1. The Morgan fingerprint density at radius 3 is 2.81 bits per heavy atom. The van der Waals surface area contributed by atoms with E-state index >= 15 is 0 Å². The number of amides is 1. The van der Waals surface area contributed by atoms with Crippen LogP contribution in [-0.4, -0.2) is 21.1 Å². The van der Waals surface area contributed by atoms with Gasteiger partial charge in [-0.25, -0.2) is 9.97 Å². The number of thiophene rings is 1. The SMILES string of the molecule is CC(Sc1ncnc2sc3c(c12)CCCC3)C(=O)Nc1ccc(Cl)cc1. The van der Waals surface area contributed by atoms with Gasteiger partial charge >= 0.3 is 0 Å². The Morgan fingerprint density at radius 2 is 2.00 bits per heavy atom. The monoisotopic (exact) mass is 403 g/mol. The molecule has 1 aromatic carbocycles. The third-order valence-electron chi connectivity index (χ3n) is 4.49. The molecule has 134 valence electrons. The highest BCUT2D eigenvalue weighted by Crippen LogP contribution is 2.40. The Morgan fingerprint density at radius 1 is 1.23 bits per heavy atom. The number of nitrogens with zero attached hydrogens (tertiary/aromatic N) is 2. The molecule has 0 saturated carbocycles. The van der Waals surface area contributed by atoms with E-state index in [0.29, 0.717) is 5.02 Å². The summed E-state index contributed by atoms with van der Waals surface area (Å²) in [6.45, 7) is 1.91. The average Bonchev–Trinajstić information content (AvgIpc) is 3.03. The Bertz CT molecular complexity index is 955. The molecule has 0 radical (unpaired) electrons. The molecule has 0 saturated heterocycles. The van der Waals surface area contributed by atoms with Crippen LogP contribution in [0.5, 0.6) is 0 Å². The zero-order valence-corrected chi connectivity index (χ0v) is 16.7. The molecule has 1 amide bonds. The van der Waals surface area contributed by atoms with Crippen molar-refractivity contribution in [2.24, 2.45) is 0 Å². The van der Waals surface area contributed by atoms with Crippen LogP contribution in [0.25, 0.3) is 10.2 Å². The van der Waals surface area contributed by atoms with Crippen LogP contribution in [0.1, 0.15) is 30.2 Å². The molecule has 0 fully saturated rings. The molecule has 0 bridgehead atoms. The number of fused-ring (bicyclic) bond motifs is 3. The summed E-state index contributed by atoms with van der Waals surface area (Å²) in [5.41, 5.74) is 2.14. The molecular formula is C19H18ClN3OS2. The van der Waals surface area contributed by atoms with Gasteiger partial charge in [0.25, 0.3) is 0 Å². The van der Waals surface area contributed by atoms with Crippen LogP contribution in [0.4, 0.5) is 5.69 Å². The van der Waals surface area contributed by atoms with Gasteiger partial charge in [-0.1, -0.05) is 23.4 Å². The summed E-state index contributed by atoms with van der Waals surface area (Å²) in [7, 11) is 0. The number of halogens is 1. The molecule has 1 N–H and O–H groups in total. The first-order chi connectivity index (χ1) is 12.6. The van der Waals surface area contributed by atoms with E-state index in [1.807, 2.05) is 6.92 Å². The van der Waals surface area contributed by atoms with Crippen molar-refractivity contribution < 1.29 is 4.79 Å². The van der Waals surface area contributed by atoms with E-state index in [0.717, 1.165) is 33.8 Å². The third kappa shape index (κ3) is 3.59. The van der Waals surface area contributed by atoms with Crippen LogP contribution < -0.4 is 5.32 Å². The summed E-state index contributed by atoms with van der Waals surface area (Å²) in [5.74, 6) is -0.0480. The van der Waals surface area contributed by atoms with Gasteiger partial charge in [0.15, 0.2) is 0 Å². The maximum absolute atomic E-state index is 12.6. The number of rotatable bonds is 4. The fourth-order valence-corrected chi connectivity index (χ4v) is 5.51. The number of carbonyl (C=O) groups excluding carboxylic acids is 1. The number of aryl methyl sites for hydroxylation is 2. The van der Waals surface area contributed by atoms with Crippen molar-refractivity contribution in [3.63, 3.8) is 0 Å². The van der Waals surface area contributed by atoms with Crippen LogP contribution in [0.3, 0.4) is 0 Å². The first-order valence-electron chi connectivity index (χ1n) is 8.60. The van der Waals surface area contributed by atoms with Gasteiger partial charge in [0.1, 0.15) is 16.2 Å². The van der Waals surface area contributed by atoms with Crippen LogP contribution in [0.15, 0.2) is 35.6 Å². The van der Waals surface area contributed by atoms with Crippen LogP contribution in [-0.2, 0) is 17.6 Å². The number of carbonyl (C=O) groups is 1. The minimum atomic E-state index is -0.261. The van der Waals surface area contributed by atoms with Gasteiger partial charge in [0.2, 0.25) is 5.91 Å². The highest BCUT2D eigenvalue weighted by molar-refractivity contribution is 8.00. The van der Waals surface area contributed by atoms with Crippen LogP contribution >= 0.6 is 34.7 Å². The molecule has 7 heteroatoms.